The number of nitrogens with two attached hydrogens (primary N) is 1. The Kier molecular flexibility index (Phi) is 9.00. The van der Waals surface area contributed by atoms with Crippen LogP contribution >= 0.6 is 0 Å². The number of nitrogens with one attached hydrogen (secondary N) is 1. The molecule has 0 spiro atoms. The van der Waals surface area contributed by atoms with Gasteiger partial charge in [0.15, 0.2) is 5.96 Å². The van der Waals surface area contributed by atoms with Crippen LogP contribution in [0, 0.1) is 0 Å². The molecular formula is C12H28N4. The first-order valence-corrected chi connectivity index (χ1v) is 6.38. The molecule has 0 rings (SSSR count). The molecular weight excluding hydrogens is 200 g/mol. The monoisotopic (exact) mass is 228 g/mol. The molecule has 16 heavy (non-hydrogen) atoms. The number of nitrogens with zero attached hydrogens (tertiary/aromatic N) is 2. The topological polar surface area (TPSA) is 53.6 Å². The van der Waals surface area contributed by atoms with E-state index >= 15 is 0 Å². The van der Waals surface area contributed by atoms with Crippen LogP contribution in [0.15, 0.2) is 4.99 Å². The minimum atomic E-state index is 0.361. The first-order valence-electron chi connectivity index (χ1n) is 6.38. The van der Waals surface area contributed by atoms with Gasteiger partial charge in [-0.1, -0.05) is 13.8 Å². The summed E-state index contributed by atoms with van der Waals surface area (Å²) in [6.45, 7) is 12.8. The normalized spacial score (nSPS) is 12.5. The first-order chi connectivity index (χ1) is 7.60. The standard InChI is InChI=1S/C12H28N4/c1-5-16(6-2)10-8-7-9-14-12(13)15-11(3)4/h11H,5-10H2,1-4H3,(H3,13,14,15). The predicted octanol–water partition coefficient (Wildman–Crippen LogP) is 1.42. The Morgan fingerprint density at radius 2 is 1.88 bits per heavy atom. The van der Waals surface area contributed by atoms with Gasteiger partial charge in [-0.2, -0.15) is 0 Å². The van der Waals surface area contributed by atoms with E-state index in [1.807, 2.05) is 0 Å². The summed E-state index contributed by atoms with van der Waals surface area (Å²) in [5.41, 5.74) is 5.70. The Morgan fingerprint density at radius 3 is 2.38 bits per heavy atom. The Morgan fingerprint density at radius 1 is 1.25 bits per heavy atom. The van der Waals surface area contributed by atoms with E-state index in [1.54, 1.807) is 0 Å². The zero-order valence-corrected chi connectivity index (χ0v) is 11.3. The number of unbranched alkanes of at least 4 members (excludes halogenated alkanes) is 1. The van der Waals surface area contributed by atoms with Crippen molar-refractivity contribution in [2.75, 3.05) is 26.2 Å². The van der Waals surface area contributed by atoms with Crippen LogP contribution in [0.4, 0.5) is 0 Å². The summed E-state index contributed by atoms with van der Waals surface area (Å²) in [6.07, 6.45) is 2.30. The molecule has 0 unspecified atom stereocenters. The van der Waals surface area contributed by atoms with Gasteiger partial charge in [-0.25, -0.2) is 0 Å². The van der Waals surface area contributed by atoms with Gasteiger partial charge in [0.1, 0.15) is 0 Å². The second-order valence-electron chi connectivity index (χ2n) is 4.30. The largest absolute Gasteiger partial charge is 0.370 e. The van der Waals surface area contributed by atoms with Crippen LogP contribution in [-0.2, 0) is 0 Å². The van der Waals surface area contributed by atoms with E-state index in [9.17, 15) is 0 Å². The Labute approximate surface area is 100 Å². The smallest absolute Gasteiger partial charge is 0.188 e. The van der Waals surface area contributed by atoms with E-state index in [4.69, 9.17) is 5.73 Å². The molecule has 0 amide bonds. The summed E-state index contributed by atoms with van der Waals surface area (Å²) in [7, 11) is 0. The zero-order chi connectivity index (χ0) is 12.4. The summed E-state index contributed by atoms with van der Waals surface area (Å²) in [5, 5.41) is 3.08. The van der Waals surface area contributed by atoms with Gasteiger partial charge < -0.3 is 16.0 Å². The highest BCUT2D eigenvalue weighted by molar-refractivity contribution is 5.77. The van der Waals surface area contributed by atoms with Gasteiger partial charge in [-0.05, 0) is 46.3 Å². The first kappa shape index (κ1) is 15.2. The van der Waals surface area contributed by atoms with Crippen molar-refractivity contribution in [2.24, 2.45) is 10.7 Å². The Bertz CT molecular complexity index is 185. The molecule has 0 aromatic heterocycles. The van der Waals surface area contributed by atoms with Crippen molar-refractivity contribution in [2.45, 2.75) is 46.6 Å². The van der Waals surface area contributed by atoms with Crippen molar-refractivity contribution >= 4 is 5.96 Å². The molecule has 4 nitrogen and oxygen atoms in total. The molecule has 0 heterocycles. The van der Waals surface area contributed by atoms with Crippen LogP contribution in [0.1, 0.15) is 40.5 Å². The van der Waals surface area contributed by atoms with E-state index in [-0.39, 0.29) is 0 Å². The maximum absolute atomic E-state index is 5.70. The average Bonchev–Trinajstić information content (AvgIpc) is 2.22. The molecule has 0 fully saturated rings. The van der Waals surface area contributed by atoms with E-state index in [2.05, 4.69) is 42.9 Å². The summed E-state index contributed by atoms with van der Waals surface area (Å²) in [5.74, 6) is 0.567. The molecule has 0 aromatic rings. The van der Waals surface area contributed by atoms with Gasteiger partial charge in [0.05, 0.1) is 0 Å². The lowest BCUT2D eigenvalue weighted by Crippen LogP contribution is -2.36. The molecule has 0 aromatic carbocycles. The van der Waals surface area contributed by atoms with Crippen molar-refractivity contribution in [1.82, 2.24) is 10.2 Å². The summed E-state index contributed by atoms with van der Waals surface area (Å²) < 4.78 is 0. The number of rotatable bonds is 8. The molecule has 96 valence electrons. The third-order valence-corrected chi connectivity index (χ3v) is 2.50. The maximum Gasteiger partial charge on any atom is 0.188 e. The van der Waals surface area contributed by atoms with Gasteiger partial charge in [0.2, 0.25) is 0 Å². The zero-order valence-electron chi connectivity index (χ0n) is 11.3. The van der Waals surface area contributed by atoms with Crippen molar-refractivity contribution in [1.29, 1.82) is 0 Å². The van der Waals surface area contributed by atoms with E-state index in [0.29, 0.717) is 12.0 Å². The molecule has 0 atom stereocenters. The van der Waals surface area contributed by atoms with Crippen LogP contribution in [0.2, 0.25) is 0 Å². The van der Waals surface area contributed by atoms with Gasteiger partial charge in [0.25, 0.3) is 0 Å². The van der Waals surface area contributed by atoms with Crippen molar-refractivity contribution in [3.8, 4) is 0 Å². The molecule has 0 bridgehead atoms. The van der Waals surface area contributed by atoms with Crippen LogP contribution in [-0.4, -0.2) is 43.1 Å². The van der Waals surface area contributed by atoms with E-state index < -0.39 is 0 Å². The van der Waals surface area contributed by atoms with E-state index in [1.165, 1.54) is 13.0 Å². The maximum atomic E-state index is 5.70. The van der Waals surface area contributed by atoms with Crippen LogP contribution in [0.3, 0.4) is 0 Å². The van der Waals surface area contributed by atoms with Crippen LogP contribution in [0.5, 0.6) is 0 Å². The molecule has 0 aliphatic heterocycles. The highest BCUT2D eigenvalue weighted by Crippen LogP contribution is 1.95. The highest BCUT2D eigenvalue weighted by atomic mass is 15.1. The van der Waals surface area contributed by atoms with Gasteiger partial charge in [-0.3, -0.25) is 4.99 Å². The summed E-state index contributed by atoms with van der Waals surface area (Å²) >= 11 is 0. The lowest BCUT2D eigenvalue weighted by molar-refractivity contribution is 0.297. The molecule has 0 saturated carbocycles. The fourth-order valence-corrected chi connectivity index (χ4v) is 1.53. The quantitative estimate of drug-likeness (QED) is 0.375. The molecule has 0 aliphatic rings. The molecule has 3 N–H and O–H groups in total. The average molecular weight is 228 g/mol. The predicted molar refractivity (Wildman–Crippen MR) is 71.8 cm³/mol. The Hall–Kier alpha value is -0.770. The molecule has 0 saturated heterocycles. The van der Waals surface area contributed by atoms with Crippen molar-refractivity contribution in [3.63, 3.8) is 0 Å². The second kappa shape index (κ2) is 9.46. The molecule has 0 radical (unpaired) electrons. The molecule has 4 heteroatoms. The number of hydrogen-bond donors (Lipinski definition) is 2. The molecule has 0 aliphatic carbocycles. The SMILES string of the molecule is CCN(CC)CCCCN=C(N)NC(C)C. The number of hydrogen-bond acceptors (Lipinski definition) is 2. The van der Waals surface area contributed by atoms with Crippen LogP contribution in [0.25, 0.3) is 0 Å². The van der Waals surface area contributed by atoms with Crippen molar-refractivity contribution in [3.05, 3.63) is 0 Å². The number of aliphatic imine (C=N–C) groups is 1. The minimum absolute atomic E-state index is 0.361. The van der Waals surface area contributed by atoms with Crippen molar-refractivity contribution < 1.29 is 0 Å². The third-order valence-electron chi connectivity index (χ3n) is 2.50. The van der Waals surface area contributed by atoms with Gasteiger partial charge >= 0.3 is 0 Å². The van der Waals surface area contributed by atoms with E-state index in [0.717, 1.165) is 26.1 Å². The lowest BCUT2D eigenvalue weighted by Gasteiger charge is -2.17. The highest BCUT2D eigenvalue weighted by Gasteiger charge is 1.98. The Balaban J connectivity index is 3.51. The number of guanidine groups is 1. The fraction of sp³-hybridized carbons (Fsp3) is 0.917. The fourth-order valence-electron chi connectivity index (χ4n) is 1.53. The lowest BCUT2D eigenvalue weighted by atomic mass is 10.3. The minimum Gasteiger partial charge on any atom is -0.370 e. The van der Waals surface area contributed by atoms with Gasteiger partial charge in [-0.15, -0.1) is 0 Å². The van der Waals surface area contributed by atoms with Gasteiger partial charge in [0, 0.05) is 12.6 Å². The van der Waals surface area contributed by atoms with Crippen LogP contribution < -0.4 is 11.1 Å². The second-order valence-corrected chi connectivity index (χ2v) is 4.30. The summed E-state index contributed by atoms with van der Waals surface area (Å²) in [6, 6.07) is 0.361. The third kappa shape index (κ3) is 8.53. The summed E-state index contributed by atoms with van der Waals surface area (Å²) in [4.78, 5) is 6.71.